The third kappa shape index (κ3) is 3.92. The summed E-state index contributed by atoms with van der Waals surface area (Å²) in [6.07, 6.45) is 0.690. The summed E-state index contributed by atoms with van der Waals surface area (Å²) in [6, 6.07) is 9.83. The van der Waals surface area contributed by atoms with Crippen molar-refractivity contribution in [1.29, 1.82) is 0 Å². The van der Waals surface area contributed by atoms with Crippen LogP contribution >= 0.6 is 0 Å². The van der Waals surface area contributed by atoms with Gasteiger partial charge in [0.05, 0.1) is 6.54 Å². The monoisotopic (exact) mass is 173 g/mol. The molecular formula is C10H11N3. The molecule has 0 saturated heterocycles. The minimum atomic E-state index is 0.566. The number of hydrogen-bond acceptors (Lipinski definition) is 2. The molecule has 2 N–H and O–H groups in total. The number of benzene rings is 1. The lowest BCUT2D eigenvalue weighted by atomic mass is 10.2. The van der Waals surface area contributed by atoms with E-state index in [0.717, 1.165) is 5.56 Å². The van der Waals surface area contributed by atoms with Gasteiger partial charge < -0.3 is 5.84 Å². The normalized spacial score (nSPS) is 9.54. The molecule has 3 heteroatoms. The highest BCUT2D eigenvalue weighted by atomic mass is 15.3. The van der Waals surface area contributed by atoms with E-state index in [1.807, 2.05) is 30.3 Å². The molecule has 0 saturated carbocycles. The van der Waals surface area contributed by atoms with Gasteiger partial charge in [0.25, 0.3) is 0 Å². The number of nitrogens with two attached hydrogens (primary N) is 1. The second-order valence-electron chi connectivity index (χ2n) is 2.40. The highest BCUT2D eigenvalue weighted by Crippen LogP contribution is 1.94. The molecule has 0 radical (unpaired) electrons. The zero-order valence-electron chi connectivity index (χ0n) is 7.27. The molecule has 1 aromatic rings. The fourth-order valence-corrected chi connectivity index (χ4v) is 0.850. The van der Waals surface area contributed by atoms with E-state index in [9.17, 15) is 0 Å². The summed E-state index contributed by atoms with van der Waals surface area (Å²) in [5, 5.41) is 6.74. The van der Waals surface area contributed by atoms with Crippen LogP contribution < -0.4 is 5.84 Å². The van der Waals surface area contributed by atoms with Gasteiger partial charge in [0, 0.05) is 12.0 Å². The van der Waals surface area contributed by atoms with Gasteiger partial charge >= 0.3 is 0 Å². The fraction of sp³-hybridized carbons (Fsp3) is 0.200. The lowest BCUT2D eigenvalue weighted by Gasteiger charge is -1.85. The van der Waals surface area contributed by atoms with Crippen LogP contribution in [0.2, 0.25) is 0 Å². The van der Waals surface area contributed by atoms with Crippen LogP contribution in [-0.4, -0.2) is 6.54 Å². The molecule has 0 fully saturated rings. The average Bonchev–Trinajstić information content (AvgIpc) is 2.19. The van der Waals surface area contributed by atoms with Crippen LogP contribution in [0.3, 0.4) is 0 Å². The van der Waals surface area contributed by atoms with Crippen LogP contribution in [0.4, 0.5) is 0 Å². The summed E-state index contributed by atoms with van der Waals surface area (Å²) >= 11 is 0. The quantitative estimate of drug-likeness (QED) is 0.239. The smallest absolute Gasteiger partial charge is 0.0729 e. The second-order valence-corrected chi connectivity index (χ2v) is 2.40. The Morgan fingerprint density at radius 2 is 2.00 bits per heavy atom. The first-order valence-electron chi connectivity index (χ1n) is 4.04. The maximum atomic E-state index is 4.83. The van der Waals surface area contributed by atoms with Crippen molar-refractivity contribution in [3.8, 4) is 11.8 Å². The van der Waals surface area contributed by atoms with E-state index in [0.29, 0.717) is 13.0 Å². The van der Waals surface area contributed by atoms with Crippen LogP contribution in [0.5, 0.6) is 0 Å². The first kappa shape index (κ1) is 9.27. The SMILES string of the molecule is NN=NCCC#Cc1ccccc1. The largest absolute Gasteiger partial charge is 0.305 e. The third-order valence-electron chi connectivity index (χ3n) is 1.42. The van der Waals surface area contributed by atoms with E-state index in [1.165, 1.54) is 0 Å². The Balaban J connectivity index is 2.40. The van der Waals surface area contributed by atoms with Gasteiger partial charge in [0.1, 0.15) is 0 Å². The summed E-state index contributed by atoms with van der Waals surface area (Å²) in [5.41, 5.74) is 1.02. The Hall–Kier alpha value is -1.82. The summed E-state index contributed by atoms with van der Waals surface area (Å²) in [7, 11) is 0. The summed E-state index contributed by atoms with van der Waals surface area (Å²) in [6.45, 7) is 0.566. The molecule has 0 bridgehead atoms. The molecule has 0 heterocycles. The lowest BCUT2D eigenvalue weighted by molar-refractivity contribution is 0.887. The van der Waals surface area contributed by atoms with Crippen LogP contribution in [-0.2, 0) is 0 Å². The van der Waals surface area contributed by atoms with Crippen LogP contribution in [0.25, 0.3) is 0 Å². The summed E-state index contributed by atoms with van der Waals surface area (Å²) in [4.78, 5) is 0. The standard InChI is InChI=1S/C10H11N3/c11-13-12-9-5-4-8-10-6-2-1-3-7-10/h1-3,6-7H,5,9H2,(H2,11,12). The molecule has 0 aliphatic rings. The minimum absolute atomic E-state index is 0.566. The van der Waals surface area contributed by atoms with E-state index >= 15 is 0 Å². The highest BCUT2D eigenvalue weighted by molar-refractivity contribution is 5.33. The van der Waals surface area contributed by atoms with Crippen molar-refractivity contribution in [1.82, 2.24) is 0 Å². The third-order valence-corrected chi connectivity index (χ3v) is 1.42. The molecule has 0 aromatic heterocycles. The molecule has 0 unspecified atom stereocenters. The zero-order valence-corrected chi connectivity index (χ0v) is 7.27. The Kier molecular flexibility index (Phi) is 4.12. The van der Waals surface area contributed by atoms with Gasteiger partial charge in [-0.05, 0) is 12.1 Å². The molecule has 0 aliphatic carbocycles. The van der Waals surface area contributed by atoms with Gasteiger partial charge in [-0.15, -0.1) is 0 Å². The minimum Gasteiger partial charge on any atom is -0.305 e. The van der Waals surface area contributed by atoms with E-state index in [4.69, 9.17) is 5.84 Å². The van der Waals surface area contributed by atoms with E-state index in [2.05, 4.69) is 22.2 Å². The van der Waals surface area contributed by atoms with Gasteiger partial charge in [-0.2, -0.15) is 5.11 Å². The van der Waals surface area contributed by atoms with Crippen LogP contribution in [0.1, 0.15) is 12.0 Å². The average molecular weight is 173 g/mol. The Morgan fingerprint density at radius 3 is 2.69 bits per heavy atom. The van der Waals surface area contributed by atoms with Gasteiger partial charge in [-0.25, -0.2) is 0 Å². The molecule has 0 atom stereocenters. The molecule has 3 nitrogen and oxygen atoms in total. The molecular weight excluding hydrogens is 162 g/mol. The Bertz CT molecular complexity index is 319. The van der Waals surface area contributed by atoms with Crippen molar-refractivity contribution >= 4 is 0 Å². The number of rotatable bonds is 2. The van der Waals surface area contributed by atoms with Crippen molar-refractivity contribution in [2.24, 2.45) is 16.2 Å². The molecule has 0 spiro atoms. The maximum absolute atomic E-state index is 4.83. The maximum Gasteiger partial charge on any atom is 0.0729 e. The van der Waals surface area contributed by atoms with E-state index in [-0.39, 0.29) is 0 Å². The first-order chi connectivity index (χ1) is 6.43. The van der Waals surface area contributed by atoms with Gasteiger partial charge in [0.2, 0.25) is 0 Å². The fourth-order valence-electron chi connectivity index (χ4n) is 0.850. The Morgan fingerprint density at radius 1 is 1.23 bits per heavy atom. The summed E-state index contributed by atoms with van der Waals surface area (Å²) in [5.74, 6) is 10.8. The van der Waals surface area contributed by atoms with Crippen molar-refractivity contribution in [3.05, 3.63) is 35.9 Å². The van der Waals surface area contributed by atoms with Crippen molar-refractivity contribution in [2.45, 2.75) is 6.42 Å². The molecule has 66 valence electrons. The highest BCUT2D eigenvalue weighted by Gasteiger charge is 1.80. The molecule has 0 aliphatic heterocycles. The predicted octanol–water partition coefficient (Wildman–Crippen LogP) is 1.75. The second kappa shape index (κ2) is 5.78. The van der Waals surface area contributed by atoms with E-state index in [1.54, 1.807) is 0 Å². The first-order valence-corrected chi connectivity index (χ1v) is 4.04. The number of nitrogens with zero attached hydrogens (tertiary/aromatic N) is 2. The molecule has 1 rings (SSSR count). The Labute approximate surface area is 77.6 Å². The molecule has 0 amide bonds. The van der Waals surface area contributed by atoms with Crippen molar-refractivity contribution in [2.75, 3.05) is 6.54 Å². The van der Waals surface area contributed by atoms with E-state index < -0.39 is 0 Å². The predicted molar refractivity (Wildman–Crippen MR) is 51.8 cm³/mol. The number of hydrogen-bond donors (Lipinski definition) is 1. The summed E-state index contributed by atoms with van der Waals surface area (Å²) < 4.78 is 0. The van der Waals surface area contributed by atoms with Gasteiger partial charge in [-0.3, -0.25) is 0 Å². The zero-order chi connectivity index (χ0) is 9.36. The van der Waals surface area contributed by atoms with Gasteiger partial charge in [-0.1, -0.05) is 35.3 Å². The van der Waals surface area contributed by atoms with Crippen LogP contribution in [0, 0.1) is 11.8 Å². The van der Waals surface area contributed by atoms with Gasteiger partial charge in [0.15, 0.2) is 0 Å². The molecule has 13 heavy (non-hydrogen) atoms. The van der Waals surface area contributed by atoms with Crippen molar-refractivity contribution in [3.63, 3.8) is 0 Å². The topological polar surface area (TPSA) is 50.7 Å². The lowest BCUT2D eigenvalue weighted by Crippen LogP contribution is -1.80. The van der Waals surface area contributed by atoms with Crippen LogP contribution in [0.15, 0.2) is 40.7 Å². The van der Waals surface area contributed by atoms with Crippen molar-refractivity contribution < 1.29 is 0 Å². The molecule has 1 aromatic carbocycles.